The van der Waals surface area contributed by atoms with Crippen molar-refractivity contribution in [3.63, 3.8) is 0 Å². The van der Waals surface area contributed by atoms with Gasteiger partial charge in [0.25, 0.3) is 0 Å². The summed E-state index contributed by atoms with van der Waals surface area (Å²) in [5.41, 5.74) is 11.0. The minimum absolute atomic E-state index is 0.154. The van der Waals surface area contributed by atoms with Gasteiger partial charge in [-0.3, -0.25) is 0 Å². The minimum Gasteiger partial charge on any atom is -0.342 e. The molecule has 3 heteroatoms. The van der Waals surface area contributed by atoms with Crippen molar-refractivity contribution in [2.75, 3.05) is 11.4 Å². The second-order valence-electron chi connectivity index (χ2n) is 5.54. The van der Waals surface area contributed by atoms with Gasteiger partial charge in [-0.15, -0.1) is 0 Å². The predicted octanol–water partition coefficient (Wildman–Crippen LogP) is 4.81. The van der Waals surface area contributed by atoms with Crippen LogP contribution in [-0.4, -0.2) is 12.6 Å². The number of halogens is 1. The first-order valence-corrected chi connectivity index (χ1v) is 8.18. The van der Waals surface area contributed by atoms with Crippen molar-refractivity contribution in [1.29, 1.82) is 0 Å². The highest BCUT2D eigenvalue weighted by atomic mass is 79.9. The highest BCUT2D eigenvalue weighted by molar-refractivity contribution is 9.10. The van der Waals surface area contributed by atoms with Gasteiger partial charge in [-0.25, -0.2) is 0 Å². The van der Waals surface area contributed by atoms with Crippen LogP contribution in [0.15, 0.2) is 46.9 Å². The monoisotopic (exact) mass is 346 g/mol. The topological polar surface area (TPSA) is 29.3 Å². The van der Waals surface area contributed by atoms with E-state index in [2.05, 4.69) is 84.1 Å². The van der Waals surface area contributed by atoms with Crippen LogP contribution in [0.2, 0.25) is 0 Å². The number of hydrogen-bond donors (Lipinski definition) is 1. The van der Waals surface area contributed by atoms with E-state index in [-0.39, 0.29) is 6.04 Å². The van der Waals surface area contributed by atoms with E-state index in [0.717, 1.165) is 17.4 Å². The fourth-order valence-electron chi connectivity index (χ4n) is 2.60. The number of benzene rings is 2. The highest BCUT2D eigenvalue weighted by Crippen LogP contribution is 2.32. The number of anilines is 2. The molecule has 1 atom stereocenters. The van der Waals surface area contributed by atoms with E-state index < -0.39 is 0 Å². The quantitative estimate of drug-likeness (QED) is 0.841. The molecule has 1 unspecified atom stereocenters. The summed E-state index contributed by atoms with van der Waals surface area (Å²) in [4.78, 5) is 2.34. The van der Waals surface area contributed by atoms with Crippen molar-refractivity contribution in [2.45, 2.75) is 33.2 Å². The largest absolute Gasteiger partial charge is 0.342 e. The van der Waals surface area contributed by atoms with Gasteiger partial charge in [0.1, 0.15) is 0 Å². The molecule has 0 bridgehead atoms. The fourth-order valence-corrected chi connectivity index (χ4v) is 2.94. The molecule has 0 aliphatic carbocycles. The van der Waals surface area contributed by atoms with E-state index in [0.29, 0.717) is 0 Å². The molecule has 21 heavy (non-hydrogen) atoms. The first kappa shape index (κ1) is 16.1. The molecule has 0 amide bonds. The van der Waals surface area contributed by atoms with Gasteiger partial charge in [0.05, 0.1) is 0 Å². The lowest BCUT2D eigenvalue weighted by atomic mass is 10.0. The molecule has 0 aromatic heterocycles. The highest BCUT2D eigenvalue weighted by Gasteiger charge is 2.13. The summed E-state index contributed by atoms with van der Waals surface area (Å²) in [7, 11) is 0. The maximum absolute atomic E-state index is 6.01. The molecule has 0 saturated carbocycles. The van der Waals surface area contributed by atoms with E-state index in [1.165, 1.54) is 22.5 Å². The summed E-state index contributed by atoms with van der Waals surface area (Å²) in [6, 6.07) is 15.2. The third-order valence-electron chi connectivity index (χ3n) is 3.51. The fraction of sp³-hybridized carbons (Fsp3) is 0.333. The molecule has 0 radical (unpaired) electrons. The standard InChI is InChI=1S/C18H23BrN2/c1-4-21(17-7-5-6-13(2)10-17)18-12-16(19)9-8-15(18)11-14(3)20/h5-10,12,14H,4,11,20H2,1-3H3. The van der Waals surface area contributed by atoms with Crippen LogP contribution in [0, 0.1) is 6.92 Å². The molecule has 112 valence electrons. The van der Waals surface area contributed by atoms with Crippen LogP contribution in [0.25, 0.3) is 0 Å². The molecule has 0 aliphatic heterocycles. The van der Waals surface area contributed by atoms with Gasteiger partial charge in [0.15, 0.2) is 0 Å². The summed E-state index contributed by atoms with van der Waals surface area (Å²) in [5.74, 6) is 0. The zero-order chi connectivity index (χ0) is 15.4. The van der Waals surface area contributed by atoms with Crippen LogP contribution in [0.1, 0.15) is 25.0 Å². The summed E-state index contributed by atoms with van der Waals surface area (Å²) in [6.45, 7) is 7.28. The number of aryl methyl sites for hydroxylation is 1. The van der Waals surface area contributed by atoms with E-state index in [4.69, 9.17) is 5.73 Å². The molecule has 0 aliphatic rings. The number of nitrogens with zero attached hydrogens (tertiary/aromatic N) is 1. The van der Waals surface area contributed by atoms with Gasteiger partial charge in [-0.2, -0.15) is 0 Å². The predicted molar refractivity (Wildman–Crippen MR) is 95.4 cm³/mol. The molecule has 2 nitrogen and oxygen atoms in total. The third kappa shape index (κ3) is 4.08. The van der Waals surface area contributed by atoms with Crippen molar-refractivity contribution in [1.82, 2.24) is 0 Å². The normalized spacial score (nSPS) is 12.2. The molecule has 2 rings (SSSR count). The molecule has 0 spiro atoms. The summed E-state index contributed by atoms with van der Waals surface area (Å²) < 4.78 is 1.09. The van der Waals surface area contributed by atoms with E-state index in [1.54, 1.807) is 0 Å². The molecule has 0 heterocycles. The molecule has 2 aromatic rings. The SMILES string of the molecule is CCN(c1cccc(C)c1)c1cc(Br)ccc1CC(C)N. The third-order valence-corrected chi connectivity index (χ3v) is 4.00. The average Bonchev–Trinajstić information content (AvgIpc) is 2.42. The Morgan fingerprint density at radius 2 is 1.95 bits per heavy atom. The van der Waals surface area contributed by atoms with Crippen LogP contribution in [0.5, 0.6) is 0 Å². The van der Waals surface area contributed by atoms with Crippen LogP contribution < -0.4 is 10.6 Å². The molecular formula is C18H23BrN2. The van der Waals surface area contributed by atoms with Gasteiger partial charge < -0.3 is 10.6 Å². The van der Waals surface area contributed by atoms with Gasteiger partial charge in [-0.05, 0) is 62.6 Å². The average molecular weight is 347 g/mol. The van der Waals surface area contributed by atoms with E-state index in [9.17, 15) is 0 Å². The van der Waals surface area contributed by atoms with Crippen LogP contribution in [-0.2, 0) is 6.42 Å². The summed E-state index contributed by atoms with van der Waals surface area (Å²) in [5, 5.41) is 0. The van der Waals surface area contributed by atoms with Gasteiger partial charge in [-0.1, -0.05) is 34.1 Å². The van der Waals surface area contributed by atoms with E-state index >= 15 is 0 Å². The zero-order valence-electron chi connectivity index (χ0n) is 12.9. The Morgan fingerprint density at radius 1 is 1.19 bits per heavy atom. The summed E-state index contributed by atoms with van der Waals surface area (Å²) in [6.07, 6.45) is 0.880. The summed E-state index contributed by atoms with van der Waals surface area (Å²) >= 11 is 3.59. The Labute approximate surface area is 136 Å². The van der Waals surface area contributed by atoms with E-state index in [1.807, 2.05) is 0 Å². The molecular weight excluding hydrogens is 324 g/mol. The first-order valence-electron chi connectivity index (χ1n) is 7.39. The maximum Gasteiger partial charge on any atom is 0.0455 e. The lowest BCUT2D eigenvalue weighted by Crippen LogP contribution is -2.22. The first-order chi connectivity index (χ1) is 10.0. The Hall–Kier alpha value is -1.32. The van der Waals surface area contributed by atoms with Crippen LogP contribution >= 0.6 is 15.9 Å². The van der Waals surface area contributed by atoms with Crippen molar-refractivity contribution >= 4 is 27.3 Å². The second kappa shape index (κ2) is 7.10. The second-order valence-corrected chi connectivity index (χ2v) is 6.45. The Morgan fingerprint density at radius 3 is 2.57 bits per heavy atom. The zero-order valence-corrected chi connectivity index (χ0v) is 14.5. The van der Waals surface area contributed by atoms with Crippen molar-refractivity contribution < 1.29 is 0 Å². The number of hydrogen-bond acceptors (Lipinski definition) is 2. The van der Waals surface area contributed by atoms with Crippen molar-refractivity contribution in [2.24, 2.45) is 5.73 Å². The van der Waals surface area contributed by atoms with Crippen molar-refractivity contribution in [3.05, 3.63) is 58.1 Å². The van der Waals surface area contributed by atoms with Gasteiger partial charge in [0, 0.05) is 28.4 Å². The molecule has 2 N–H and O–H groups in total. The molecule has 2 aromatic carbocycles. The Bertz CT molecular complexity index is 608. The molecule has 0 fully saturated rings. The Balaban J connectivity index is 2.48. The lowest BCUT2D eigenvalue weighted by molar-refractivity contribution is 0.736. The lowest BCUT2D eigenvalue weighted by Gasteiger charge is -2.27. The smallest absolute Gasteiger partial charge is 0.0455 e. The minimum atomic E-state index is 0.154. The van der Waals surface area contributed by atoms with Gasteiger partial charge in [0.2, 0.25) is 0 Å². The number of rotatable bonds is 5. The number of nitrogens with two attached hydrogens (primary N) is 1. The molecule has 0 saturated heterocycles. The van der Waals surface area contributed by atoms with Crippen LogP contribution in [0.4, 0.5) is 11.4 Å². The maximum atomic E-state index is 6.01. The van der Waals surface area contributed by atoms with Crippen molar-refractivity contribution in [3.8, 4) is 0 Å². The van der Waals surface area contributed by atoms with Gasteiger partial charge >= 0.3 is 0 Å². The van der Waals surface area contributed by atoms with Crippen LogP contribution in [0.3, 0.4) is 0 Å². The Kier molecular flexibility index (Phi) is 5.43.